The van der Waals surface area contributed by atoms with Gasteiger partial charge in [0.1, 0.15) is 23.0 Å². The molecule has 0 aliphatic heterocycles. The maximum absolute atomic E-state index is 14.0. The molecule has 6 heteroatoms. The maximum Gasteiger partial charge on any atom is 0.173 e. The van der Waals surface area contributed by atoms with Crippen LogP contribution in [0.3, 0.4) is 0 Å². The van der Waals surface area contributed by atoms with Crippen molar-refractivity contribution in [3.8, 4) is 23.0 Å². The summed E-state index contributed by atoms with van der Waals surface area (Å²) in [7, 11) is 3.31. The average Bonchev–Trinajstić information content (AvgIpc) is 3.47. The van der Waals surface area contributed by atoms with Gasteiger partial charge in [-0.1, -0.05) is 66.7 Å². The molecule has 2 unspecified atom stereocenters. The smallest absolute Gasteiger partial charge is 0.173 e. The number of carbonyl (C=O) groups is 1. The van der Waals surface area contributed by atoms with Crippen LogP contribution < -0.4 is 9.47 Å². The zero-order valence-electron chi connectivity index (χ0n) is 30.9. The van der Waals surface area contributed by atoms with Crippen LogP contribution in [0.25, 0.3) is 0 Å². The Hall–Kier alpha value is -5.33. The first-order valence-electron chi connectivity index (χ1n) is 18.5. The van der Waals surface area contributed by atoms with Crippen molar-refractivity contribution in [2.45, 2.75) is 68.8 Å². The maximum atomic E-state index is 14.0. The summed E-state index contributed by atoms with van der Waals surface area (Å²) >= 11 is 0. The zero-order valence-corrected chi connectivity index (χ0v) is 30.9. The highest BCUT2D eigenvalue weighted by molar-refractivity contribution is 6.05. The molecule has 53 heavy (non-hydrogen) atoms. The van der Waals surface area contributed by atoms with Crippen molar-refractivity contribution in [3.63, 3.8) is 0 Å². The quantitative estimate of drug-likeness (QED) is 0.0853. The number of fused-ring (bicyclic) bond motifs is 2. The lowest BCUT2D eigenvalue weighted by molar-refractivity contribution is 0.0734. The molecule has 6 nitrogen and oxygen atoms in total. The molecule has 2 aliphatic rings. The Labute approximate surface area is 313 Å². The van der Waals surface area contributed by atoms with Gasteiger partial charge in [0.2, 0.25) is 0 Å². The molecule has 5 aromatic carbocycles. The van der Waals surface area contributed by atoms with E-state index >= 15 is 0 Å². The summed E-state index contributed by atoms with van der Waals surface area (Å²) in [4.78, 5) is 14.0. The SMILES string of the molecule is C=CC1(c2ccc(O)cc2)CCCc2cc(O)ccc2C1.COc1ccc(C2(CCOCc3ccccc3)CCCc3cc(OC)ccc3C2=O)cc1. The van der Waals surface area contributed by atoms with Crippen molar-refractivity contribution in [3.05, 3.63) is 167 Å². The van der Waals surface area contributed by atoms with E-state index in [-0.39, 0.29) is 16.9 Å². The molecule has 2 N–H and O–H groups in total. The molecular weight excluding hydrogens is 661 g/mol. The summed E-state index contributed by atoms with van der Waals surface area (Å²) in [6, 6.07) is 37.0. The second-order valence-corrected chi connectivity index (χ2v) is 14.2. The first kappa shape index (κ1) is 37.4. The van der Waals surface area contributed by atoms with Crippen LogP contribution >= 0.6 is 0 Å². The van der Waals surface area contributed by atoms with E-state index in [0.717, 1.165) is 78.7 Å². The van der Waals surface area contributed by atoms with E-state index in [1.54, 1.807) is 32.4 Å². The van der Waals surface area contributed by atoms with Gasteiger partial charge < -0.3 is 24.4 Å². The number of methoxy groups -OCH3 is 2. The van der Waals surface area contributed by atoms with E-state index in [9.17, 15) is 15.0 Å². The highest BCUT2D eigenvalue weighted by atomic mass is 16.5. The Morgan fingerprint density at radius 2 is 1.36 bits per heavy atom. The minimum absolute atomic E-state index is 0.101. The second-order valence-electron chi connectivity index (χ2n) is 14.2. The largest absolute Gasteiger partial charge is 0.508 e. The van der Waals surface area contributed by atoms with Crippen molar-refractivity contribution >= 4 is 5.78 Å². The molecular formula is C47H50O6. The van der Waals surface area contributed by atoms with Crippen molar-refractivity contribution in [2.24, 2.45) is 0 Å². The van der Waals surface area contributed by atoms with Gasteiger partial charge in [-0.05, 0) is 139 Å². The predicted molar refractivity (Wildman–Crippen MR) is 210 cm³/mol. The zero-order chi connectivity index (χ0) is 37.3. The summed E-state index contributed by atoms with van der Waals surface area (Å²) in [6.45, 7) is 5.13. The Balaban J connectivity index is 0.000000198. The van der Waals surface area contributed by atoms with E-state index in [1.807, 2.05) is 91.0 Å². The highest BCUT2D eigenvalue weighted by Crippen LogP contribution is 2.42. The minimum Gasteiger partial charge on any atom is -0.508 e. The molecule has 2 aliphatic carbocycles. The molecule has 0 saturated carbocycles. The monoisotopic (exact) mass is 710 g/mol. The van der Waals surface area contributed by atoms with Crippen molar-refractivity contribution in [1.82, 2.24) is 0 Å². The number of aryl methyl sites for hydroxylation is 2. The fourth-order valence-electron chi connectivity index (χ4n) is 8.03. The van der Waals surface area contributed by atoms with E-state index in [0.29, 0.717) is 25.4 Å². The van der Waals surface area contributed by atoms with Crippen LogP contribution in [0.5, 0.6) is 23.0 Å². The number of rotatable bonds is 10. The average molecular weight is 711 g/mol. The fraction of sp³-hybridized carbons (Fsp3) is 0.298. The van der Waals surface area contributed by atoms with Crippen molar-refractivity contribution in [1.29, 1.82) is 0 Å². The number of phenols is 2. The summed E-state index contributed by atoms with van der Waals surface area (Å²) < 4.78 is 16.8. The Morgan fingerprint density at radius 3 is 2.08 bits per heavy atom. The van der Waals surface area contributed by atoms with Crippen LogP contribution in [0.1, 0.15) is 75.8 Å². The fourth-order valence-corrected chi connectivity index (χ4v) is 8.03. The predicted octanol–water partition coefficient (Wildman–Crippen LogP) is 9.87. The summed E-state index contributed by atoms with van der Waals surface area (Å²) in [5.41, 5.74) is 6.99. The summed E-state index contributed by atoms with van der Waals surface area (Å²) in [5.74, 6) is 2.37. The second kappa shape index (κ2) is 17.0. The number of hydrogen-bond acceptors (Lipinski definition) is 6. The van der Waals surface area contributed by atoms with E-state index in [4.69, 9.17) is 14.2 Å². The molecule has 0 heterocycles. The lowest BCUT2D eigenvalue weighted by Crippen LogP contribution is -2.37. The molecule has 0 aromatic heterocycles. The van der Waals surface area contributed by atoms with E-state index in [1.165, 1.54) is 16.7 Å². The van der Waals surface area contributed by atoms with Crippen LogP contribution in [0.15, 0.2) is 128 Å². The van der Waals surface area contributed by atoms with Gasteiger partial charge in [0.15, 0.2) is 5.78 Å². The van der Waals surface area contributed by atoms with Gasteiger partial charge in [0, 0.05) is 17.6 Å². The number of phenolic OH excluding ortho intramolecular Hbond substituents is 2. The Kier molecular flexibility index (Phi) is 12.0. The molecule has 0 fully saturated rings. The first-order chi connectivity index (χ1) is 25.8. The van der Waals surface area contributed by atoms with Crippen LogP contribution in [0.2, 0.25) is 0 Å². The lowest BCUT2D eigenvalue weighted by atomic mass is 9.70. The third kappa shape index (κ3) is 8.50. The molecule has 0 bridgehead atoms. The minimum atomic E-state index is -0.622. The van der Waals surface area contributed by atoms with E-state index < -0.39 is 5.41 Å². The van der Waals surface area contributed by atoms with Crippen molar-refractivity contribution in [2.75, 3.05) is 20.8 Å². The molecule has 274 valence electrons. The number of allylic oxidation sites excluding steroid dienone is 1. The van der Waals surface area contributed by atoms with Crippen LogP contribution in [0.4, 0.5) is 0 Å². The van der Waals surface area contributed by atoms with Gasteiger partial charge in [-0.15, -0.1) is 6.58 Å². The molecule has 2 atom stereocenters. The lowest BCUT2D eigenvalue weighted by Gasteiger charge is -2.32. The van der Waals surface area contributed by atoms with Gasteiger partial charge in [0.05, 0.1) is 26.2 Å². The Morgan fingerprint density at radius 1 is 0.698 bits per heavy atom. The molecule has 5 aromatic rings. The van der Waals surface area contributed by atoms with Gasteiger partial charge in [-0.3, -0.25) is 4.79 Å². The topological polar surface area (TPSA) is 85.2 Å². The third-order valence-electron chi connectivity index (χ3n) is 11.1. The highest BCUT2D eigenvalue weighted by Gasteiger charge is 2.42. The van der Waals surface area contributed by atoms with Crippen LogP contribution in [-0.4, -0.2) is 36.8 Å². The van der Waals surface area contributed by atoms with Crippen LogP contribution in [-0.2, 0) is 41.4 Å². The van der Waals surface area contributed by atoms with Crippen molar-refractivity contribution < 1.29 is 29.2 Å². The number of benzene rings is 5. The van der Waals surface area contributed by atoms with Gasteiger partial charge in [0.25, 0.3) is 0 Å². The molecule has 7 rings (SSSR count). The summed E-state index contributed by atoms with van der Waals surface area (Å²) in [6.07, 6.45) is 9.20. The Bertz CT molecular complexity index is 1990. The molecule has 0 saturated heterocycles. The first-order valence-corrected chi connectivity index (χ1v) is 18.5. The number of hydrogen-bond donors (Lipinski definition) is 2. The number of carbonyl (C=O) groups excluding carboxylic acids is 1. The normalized spacial score (nSPS) is 19.3. The number of Topliss-reactive ketones (excluding diaryl/α,β-unsaturated/α-hetero) is 1. The van der Waals surface area contributed by atoms with Gasteiger partial charge in [-0.25, -0.2) is 0 Å². The molecule has 0 radical (unpaired) electrons. The number of aromatic hydroxyl groups is 2. The number of ketones is 1. The number of ether oxygens (including phenoxy) is 3. The van der Waals surface area contributed by atoms with Gasteiger partial charge >= 0.3 is 0 Å². The molecule has 0 amide bonds. The third-order valence-corrected chi connectivity index (χ3v) is 11.1. The summed E-state index contributed by atoms with van der Waals surface area (Å²) in [5, 5.41) is 19.2. The standard InChI is InChI=1S/C28H30O4.C19H20O2/c1-30-24-12-10-23(11-13-24)28(17-18-32-20-21-7-4-3-5-8-21)16-6-9-22-19-25(31-2)14-15-26(22)27(28)29;1-2-19(16-6-9-17(20)10-7-16)11-3-4-14-12-18(21)8-5-15(14)13-19/h3-5,7-8,10-15,19H,6,9,16-18,20H2,1-2H3;2,5-10,12,20-21H,1,3-4,11,13H2. The molecule has 0 spiro atoms. The van der Waals surface area contributed by atoms with Gasteiger partial charge in [-0.2, -0.15) is 0 Å². The van der Waals surface area contributed by atoms with E-state index in [2.05, 4.69) is 18.7 Å². The van der Waals surface area contributed by atoms with Crippen LogP contribution in [0, 0.1) is 0 Å².